The van der Waals surface area contributed by atoms with Crippen LogP contribution in [0.4, 0.5) is 5.95 Å². The summed E-state index contributed by atoms with van der Waals surface area (Å²) in [5.74, 6) is 0.375. The highest BCUT2D eigenvalue weighted by Crippen LogP contribution is 2.32. The maximum absolute atomic E-state index is 11.4. The van der Waals surface area contributed by atoms with E-state index in [0.717, 1.165) is 12.1 Å². The van der Waals surface area contributed by atoms with E-state index in [0.29, 0.717) is 6.42 Å². The van der Waals surface area contributed by atoms with Gasteiger partial charge in [-0.3, -0.25) is 0 Å². The molecule has 0 radical (unpaired) electrons. The van der Waals surface area contributed by atoms with E-state index in [1.54, 1.807) is 6.08 Å². The van der Waals surface area contributed by atoms with Crippen molar-refractivity contribution in [2.75, 3.05) is 0 Å². The Hall–Kier alpha value is -1.72. The second-order valence-electron chi connectivity index (χ2n) is 4.44. The first-order chi connectivity index (χ1) is 7.05. The SMILES string of the molecule is CC1(C)CC([O-])=CC(=Nc2nn[nH]n2)C1. The zero-order chi connectivity index (χ0) is 10.9. The highest BCUT2D eigenvalue weighted by Gasteiger charge is 2.23. The predicted octanol–water partition coefficient (Wildman–Crippen LogP) is 0.336. The first kappa shape index (κ1) is 9.82. The fourth-order valence-electron chi connectivity index (χ4n) is 1.72. The number of aliphatic imine (C=N–C) groups is 1. The number of H-pyrrole nitrogens is 1. The fraction of sp³-hybridized carbons (Fsp3) is 0.556. The summed E-state index contributed by atoms with van der Waals surface area (Å²) in [6, 6.07) is 0. The summed E-state index contributed by atoms with van der Waals surface area (Å²) in [5, 5.41) is 24.6. The molecule has 1 aliphatic carbocycles. The van der Waals surface area contributed by atoms with Crippen molar-refractivity contribution in [2.45, 2.75) is 26.7 Å². The van der Waals surface area contributed by atoms with Gasteiger partial charge in [0.2, 0.25) is 0 Å². The largest absolute Gasteiger partial charge is 0.875 e. The minimum atomic E-state index is -0.0333. The Kier molecular flexibility index (Phi) is 2.26. The van der Waals surface area contributed by atoms with Crippen LogP contribution in [0.2, 0.25) is 0 Å². The lowest BCUT2D eigenvalue weighted by Gasteiger charge is -2.32. The number of nitrogens with one attached hydrogen (secondary N) is 1. The quantitative estimate of drug-likeness (QED) is 0.717. The van der Waals surface area contributed by atoms with Crippen LogP contribution < -0.4 is 5.11 Å². The average molecular weight is 206 g/mol. The van der Waals surface area contributed by atoms with Crippen molar-refractivity contribution < 1.29 is 5.11 Å². The van der Waals surface area contributed by atoms with E-state index in [1.807, 2.05) is 13.8 Å². The highest BCUT2D eigenvalue weighted by atomic mass is 16.3. The summed E-state index contributed by atoms with van der Waals surface area (Å²) in [7, 11) is 0. The van der Waals surface area contributed by atoms with E-state index in [9.17, 15) is 5.11 Å². The third-order valence-electron chi connectivity index (χ3n) is 2.22. The van der Waals surface area contributed by atoms with Crippen LogP contribution in [-0.4, -0.2) is 26.3 Å². The number of aromatic amines is 1. The molecule has 15 heavy (non-hydrogen) atoms. The molecule has 1 aliphatic rings. The molecule has 1 N–H and O–H groups in total. The zero-order valence-electron chi connectivity index (χ0n) is 8.69. The second kappa shape index (κ2) is 3.45. The van der Waals surface area contributed by atoms with Crippen molar-refractivity contribution >= 4 is 11.7 Å². The van der Waals surface area contributed by atoms with Crippen LogP contribution in [0.5, 0.6) is 0 Å². The van der Waals surface area contributed by atoms with Crippen molar-refractivity contribution in [3.63, 3.8) is 0 Å². The minimum absolute atomic E-state index is 0.0333. The van der Waals surface area contributed by atoms with Gasteiger partial charge in [-0.2, -0.15) is 5.21 Å². The molecule has 6 heteroatoms. The van der Waals surface area contributed by atoms with Crippen LogP contribution in [0.1, 0.15) is 26.7 Å². The van der Waals surface area contributed by atoms with Gasteiger partial charge in [-0.15, -0.1) is 10.9 Å². The van der Waals surface area contributed by atoms with Crippen LogP contribution in [0.25, 0.3) is 0 Å². The minimum Gasteiger partial charge on any atom is -0.875 e. The van der Waals surface area contributed by atoms with Crippen molar-refractivity contribution in [3.8, 4) is 0 Å². The molecule has 0 atom stereocenters. The van der Waals surface area contributed by atoms with E-state index in [2.05, 4.69) is 25.6 Å². The van der Waals surface area contributed by atoms with Gasteiger partial charge in [-0.05, 0) is 23.5 Å². The van der Waals surface area contributed by atoms with Gasteiger partial charge in [-0.1, -0.05) is 25.0 Å². The van der Waals surface area contributed by atoms with Gasteiger partial charge in [0.1, 0.15) is 0 Å². The maximum atomic E-state index is 11.4. The number of aromatic nitrogens is 4. The average Bonchev–Trinajstić information content (AvgIpc) is 2.52. The smallest absolute Gasteiger partial charge is 0.289 e. The van der Waals surface area contributed by atoms with Crippen LogP contribution in [-0.2, 0) is 0 Å². The van der Waals surface area contributed by atoms with Gasteiger partial charge in [0.15, 0.2) is 0 Å². The highest BCUT2D eigenvalue weighted by molar-refractivity contribution is 5.97. The van der Waals surface area contributed by atoms with Crippen molar-refractivity contribution in [1.82, 2.24) is 20.6 Å². The third-order valence-corrected chi connectivity index (χ3v) is 2.22. The molecular formula is C9H12N5O-. The molecule has 0 amide bonds. The van der Waals surface area contributed by atoms with Crippen molar-refractivity contribution in [1.29, 1.82) is 0 Å². The van der Waals surface area contributed by atoms with Gasteiger partial charge < -0.3 is 5.11 Å². The molecule has 80 valence electrons. The number of allylic oxidation sites excluding steroid dienone is 2. The van der Waals surface area contributed by atoms with E-state index < -0.39 is 0 Å². The van der Waals surface area contributed by atoms with Gasteiger partial charge in [0.25, 0.3) is 5.95 Å². The Morgan fingerprint density at radius 2 is 2.27 bits per heavy atom. The molecule has 0 saturated heterocycles. The lowest BCUT2D eigenvalue weighted by atomic mass is 9.79. The Morgan fingerprint density at radius 3 is 2.87 bits per heavy atom. The summed E-state index contributed by atoms with van der Waals surface area (Å²) < 4.78 is 0. The molecule has 6 nitrogen and oxygen atoms in total. The number of rotatable bonds is 1. The van der Waals surface area contributed by atoms with Gasteiger partial charge in [-0.25, -0.2) is 4.99 Å². The number of hydrogen-bond acceptors (Lipinski definition) is 5. The lowest BCUT2D eigenvalue weighted by Crippen LogP contribution is -2.26. The molecule has 0 unspecified atom stereocenters. The first-order valence-corrected chi connectivity index (χ1v) is 4.74. The molecule has 0 aliphatic heterocycles. The van der Waals surface area contributed by atoms with Crippen molar-refractivity contribution in [3.05, 3.63) is 11.8 Å². The molecule has 1 aromatic heterocycles. The van der Waals surface area contributed by atoms with E-state index >= 15 is 0 Å². The van der Waals surface area contributed by atoms with E-state index in [4.69, 9.17) is 0 Å². The van der Waals surface area contributed by atoms with Gasteiger partial charge in [0.05, 0.1) is 0 Å². The molecule has 0 spiro atoms. The third kappa shape index (κ3) is 2.39. The predicted molar refractivity (Wildman–Crippen MR) is 52.4 cm³/mol. The zero-order valence-corrected chi connectivity index (χ0v) is 8.69. The molecular weight excluding hydrogens is 194 g/mol. The maximum Gasteiger partial charge on any atom is 0.289 e. The van der Waals surface area contributed by atoms with Crippen LogP contribution in [0.15, 0.2) is 16.8 Å². The monoisotopic (exact) mass is 206 g/mol. The molecule has 0 aromatic carbocycles. The number of hydrogen-bond donors (Lipinski definition) is 1. The molecule has 2 rings (SSSR count). The van der Waals surface area contributed by atoms with Crippen LogP contribution in [0, 0.1) is 5.41 Å². The van der Waals surface area contributed by atoms with E-state index in [-0.39, 0.29) is 17.1 Å². The van der Waals surface area contributed by atoms with Gasteiger partial charge in [0, 0.05) is 5.71 Å². The standard InChI is InChI=1S/C9H13N5O/c1-9(2)4-6(3-7(15)5-9)10-8-11-13-14-12-8/h3,15H,4-5H2,1-2H3,(H,11,12,13,14)/p-1. The lowest BCUT2D eigenvalue weighted by molar-refractivity contribution is -0.310. The second-order valence-corrected chi connectivity index (χ2v) is 4.44. The summed E-state index contributed by atoms with van der Waals surface area (Å²) in [6.45, 7) is 4.09. The van der Waals surface area contributed by atoms with Gasteiger partial charge >= 0.3 is 0 Å². The first-order valence-electron chi connectivity index (χ1n) is 4.74. The van der Waals surface area contributed by atoms with Crippen LogP contribution >= 0.6 is 0 Å². The molecule has 0 fully saturated rings. The van der Waals surface area contributed by atoms with Crippen LogP contribution in [0.3, 0.4) is 0 Å². The molecule has 1 heterocycles. The topological polar surface area (TPSA) is 89.9 Å². The fourth-order valence-corrected chi connectivity index (χ4v) is 1.72. The Bertz CT molecular complexity index is 404. The number of nitrogens with zero attached hydrogens (tertiary/aromatic N) is 4. The normalized spacial score (nSPS) is 22.8. The van der Waals surface area contributed by atoms with E-state index in [1.165, 1.54) is 0 Å². The summed E-state index contributed by atoms with van der Waals surface area (Å²) in [4.78, 5) is 4.15. The molecule has 1 aromatic rings. The van der Waals surface area contributed by atoms with Crippen molar-refractivity contribution in [2.24, 2.45) is 10.4 Å². The Labute approximate surface area is 87.1 Å². The summed E-state index contributed by atoms with van der Waals surface area (Å²) in [6.07, 6.45) is 2.88. The molecule has 0 saturated carbocycles. The number of tetrazole rings is 1. The Morgan fingerprint density at radius 1 is 1.47 bits per heavy atom. The summed E-state index contributed by atoms with van der Waals surface area (Å²) in [5.41, 5.74) is 0.687. The summed E-state index contributed by atoms with van der Waals surface area (Å²) >= 11 is 0. The molecule has 0 bridgehead atoms. The Balaban J connectivity index is 2.27.